The zero-order valence-corrected chi connectivity index (χ0v) is 14.0. The molecule has 1 aromatic heterocycles. The summed E-state index contributed by atoms with van der Waals surface area (Å²) in [5.74, 6) is 1.55. The topological polar surface area (TPSA) is 71.8 Å². The van der Waals surface area contributed by atoms with E-state index in [1.54, 1.807) is 4.90 Å². The minimum atomic E-state index is -0.492. The first kappa shape index (κ1) is 15.8. The molecule has 1 N–H and O–H groups in total. The molecule has 1 amide bonds. The summed E-state index contributed by atoms with van der Waals surface area (Å²) < 4.78 is 11.0. The highest BCUT2D eigenvalue weighted by atomic mass is 16.5. The fraction of sp³-hybridized carbons (Fsp3) is 0.667. The number of hydrogen-bond acceptors (Lipinski definition) is 5. The van der Waals surface area contributed by atoms with Crippen molar-refractivity contribution < 1.29 is 13.9 Å². The van der Waals surface area contributed by atoms with Crippen LogP contribution in [0, 0.1) is 18.8 Å². The van der Waals surface area contributed by atoms with E-state index in [-0.39, 0.29) is 17.4 Å². The third-order valence-corrected chi connectivity index (χ3v) is 5.61. The Morgan fingerprint density at radius 2 is 2.04 bits per heavy atom. The normalized spacial score (nSPS) is 29.7. The smallest absolute Gasteiger partial charge is 0.349 e. The molecule has 3 saturated heterocycles. The van der Waals surface area contributed by atoms with E-state index in [4.69, 9.17) is 9.15 Å². The van der Waals surface area contributed by atoms with Crippen LogP contribution in [0.3, 0.4) is 0 Å². The van der Waals surface area contributed by atoms with Crippen LogP contribution in [0.1, 0.15) is 40.4 Å². The standard InChI is InChI=1S/C18H24N2O4/c1-11-5-15(12-3-2-4-19-6-12)24-18(22)16(11)17(21)20-7-13-9-23-10-14(13)8-20/h5,12-14,19H,2-4,6-10H2,1H3/t12?,13-,14+. The van der Waals surface area contributed by atoms with Gasteiger partial charge in [-0.05, 0) is 37.9 Å². The molecule has 6 heteroatoms. The molecule has 3 atom stereocenters. The Balaban J connectivity index is 1.57. The summed E-state index contributed by atoms with van der Waals surface area (Å²) in [6.45, 7) is 6.46. The predicted molar refractivity (Wildman–Crippen MR) is 88.3 cm³/mol. The number of aryl methyl sites for hydroxylation is 1. The minimum Gasteiger partial charge on any atom is -0.427 e. The zero-order valence-electron chi connectivity index (χ0n) is 14.0. The summed E-state index contributed by atoms with van der Waals surface area (Å²) in [6.07, 6.45) is 2.09. The van der Waals surface area contributed by atoms with Gasteiger partial charge in [0.2, 0.25) is 0 Å². The lowest BCUT2D eigenvalue weighted by atomic mass is 9.95. The minimum absolute atomic E-state index is 0.191. The van der Waals surface area contributed by atoms with Gasteiger partial charge >= 0.3 is 5.63 Å². The molecule has 3 aliphatic heterocycles. The molecule has 130 valence electrons. The number of carbonyl (C=O) groups excluding carboxylic acids is 1. The van der Waals surface area contributed by atoms with E-state index in [9.17, 15) is 9.59 Å². The molecule has 3 aliphatic rings. The maximum Gasteiger partial charge on any atom is 0.349 e. The number of nitrogens with one attached hydrogen (secondary N) is 1. The number of nitrogens with zero attached hydrogens (tertiary/aromatic N) is 1. The van der Waals surface area contributed by atoms with Crippen molar-refractivity contribution in [2.24, 2.45) is 11.8 Å². The van der Waals surface area contributed by atoms with Gasteiger partial charge in [0.25, 0.3) is 5.91 Å². The molecule has 0 aliphatic carbocycles. The van der Waals surface area contributed by atoms with Gasteiger partial charge in [-0.2, -0.15) is 0 Å². The molecule has 3 fully saturated rings. The van der Waals surface area contributed by atoms with E-state index in [0.29, 0.717) is 30.7 Å². The summed E-state index contributed by atoms with van der Waals surface area (Å²) in [6, 6.07) is 1.88. The Morgan fingerprint density at radius 3 is 2.67 bits per heavy atom. The first-order valence-corrected chi connectivity index (χ1v) is 8.86. The first-order valence-electron chi connectivity index (χ1n) is 8.86. The molecule has 0 spiro atoms. The van der Waals surface area contributed by atoms with Crippen LogP contribution < -0.4 is 10.9 Å². The first-order chi connectivity index (χ1) is 11.6. The number of carbonyl (C=O) groups is 1. The lowest BCUT2D eigenvalue weighted by Gasteiger charge is -2.22. The van der Waals surface area contributed by atoms with Gasteiger partial charge in [-0.15, -0.1) is 0 Å². The second-order valence-electron chi connectivity index (χ2n) is 7.31. The lowest BCUT2D eigenvalue weighted by Crippen LogP contribution is -2.35. The largest absolute Gasteiger partial charge is 0.427 e. The summed E-state index contributed by atoms with van der Waals surface area (Å²) >= 11 is 0. The van der Waals surface area contributed by atoms with Gasteiger partial charge in [-0.3, -0.25) is 4.79 Å². The van der Waals surface area contributed by atoms with Crippen molar-refractivity contribution >= 4 is 5.91 Å². The third kappa shape index (κ3) is 2.78. The number of fused-ring (bicyclic) bond motifs is 1. The molecule has 24 heavy (non-hydrogen) atoms. The van der Waals surface area contributed by atoms with Crippen LogP contribution in [0.25, 0.3) is 0 Å². The van der Waals surface area contributed by atoms with Gasteiger partial charge in [0, 0.05) is 37.4 Å². The molecule has 1 aromatic rings. The zero-order chi connectivity index (χ0) is 16.7. The van der Waals surface area contributed by atoms with E-state index >= 15 is 0 Å². The van der Waals surface area contributed by atoms with Crippen molar-refractivity contribution in [2.75, 3.05) is 39.4 Å². The molecule has 0 aromatic carbocycles. The van der Waals surface area contributed by atoms with Gasteiger partial charge in [-0.1, -0.05) is 0 Å². The van der Waals surface area contributed by atoms with E-state index in [0.717, 1.165) is 44.7 Å². The Bertz CT molecular complexity index is 681. The average Bonchev–Trinajstić information content (AvgIpc) is 3.16. The fourth-order valence-electron chi connectivity index (χ4n) is 4.20. The van der Waals surface area contributed by atoms with Crippen molar-refractivity contribution in [3.05, 3.63) is 33.4 Å². The highest BCUT2D eigenvalue weighted by molar-refractivity contribution is 5.95. The van der Waals surface area contributed by atoms with E-state index in [2.05, 4.69) is 5.32 Å². The number of ether oxygens (including phenoxy) is 1. The van der Waals surface area contributed by atoms with Gasteiger partial charge in [-0.25, -0.2) is 4.79 Å². The van der Waals surface area contributed by atoms with E-state index in [1.807, 2.05) is 13.0 Å². The monoisotopic (exact) mass is 332 g/mol. The van der Waals surface area contributed by atoms with Crippen molar-refractivity contribution in [1.82, 2.24) is 10.2 Å². The van der Waals surface area contributed by atoms with Crippen LogP contribution in [0.5, 0.6) is 0 Å². The highest BCUT2D eigenvalue weighted by Gasteiger charge is 2.40. The summed E-state index contributed by atoms with van der Waals surface area (Å²) in [4.78, 5) is 27.1. The van der Waals surface area contributed by atoms with E-state index in [1.165, 1.54) is 0 Å². The van der Waals surface area contributed by atoms with Crippen LogP contribution in [0.4, 0.5) is 0 Å². The number of piperidine rings is 1. The SMILES string of the molecule is Cc1cc(C2CCCNC2)oc(=O)c1C(=O)N1C[C@H]2COC[C@H]2C1. The molecule has 0 saturated carbocycles. The Labute approximate surface area is 141 Å². The van der Waals surface area contributed by atoms with Gasteiger partial charge in [0.15, 0.2) is 0 Å². The quantitative estimate of drug-likeness (QED) is 0.879. The second-order valence-corrected chi connectivity index (χ2v) is 7.31. The molecular weight excluding hydrogens is 308 g/mol. The van der Waals surface area contributed by atoms with Gasteiger partial charge in [0.1, 0.15) is 11.3 Å². The fourth-order valence-corrected chi connectivity index (χ4v) is 4.20. The van der Waals surface area contributed by atoms with Crippen LogP contribution in [-0.2, 0) is 4.74 Å². The molecule has 4 heterocycles. The van der Waals surface area contributed by atoms with Crippen molar-refractivity contribution in [1.29, 1.82) is 0 Å². The maximum absolute atomic E-state index is 12.8. The van der Waals surface area contributed by atoms with Gasteiger partial charge < -0.3 is 19.4 Å². The summed E-state index contributed by atoms with van der Waals surface area (Å²) in [7, 11) is 0. The van der Waals surface area contributed by atoms with Crippen LogP contribution in [0.2, 0.25) is 0 Å². The van der Waals surface area contributed by atoms with Crippen molar-refractivity contribution in [3.63, 3.8) is 0 Å². The molecule has 4 rings (SSSR count). The highest BCUT2D eigenvalue weighted by Crippen LogP contribution is 2.30. The van der Waals surface area contributed by atoms with Crippen molar-refractivity contribution in [3.8, 4) is 0 Å². The maximum atomic E-state index is 12.8. The molecular formula is C18H24N2O4. The van der Waals surface area contributed by atoms with Crippen LogP contribution in [-0.4, -0.2) is 50.2 Å². The summed E-state index contributed by atoms with van der Waals surface area (Å²) in [5, 5.41) is 3.33. The summed E-state index contributed by atoms with van der Waals surface area (Å²) in [5.41, 5.74) is 0.433. The van der Waals surface area contributed by atoms with E-state index < -0.39 is 5.63 Å². The van der Waals surface area contributed by atoms with Crippen LogP contribution in [0.15, 0.2) is 15.3 Å². The van der Waals surface area contributed by atoms with Crippen molar-refractivity contribution in [2.45, 2.75) is 25.7 Å². The second kappa shape index (κ2) is 6.33. The lowest BCUT2D eigenvalue weighted by molar-refractivity contribution is 0.0745. The number of amides is 1. The molecule has 0 bridgehead atoms. The Hall–Kier alpha value is -1.66. The Kier molecular flexibility index (Phi) is 4.18. The third-order valence-electron chi connectivity index (χ3n) is 5.61. The number of likely N-dealkylation sites (tertiary alicyclic amines) is 1. The molecule has 1 unspecified atom stereocenters. The number of rotatable bonds is 2. The average molecular weight is 332 g/mol. The van der Waals surface area contributed by atoms with Crippen LogP contribution >= 0.6 is 0 Å². The van der Waals surface area contributed by atoms with Gasteiger partial charge in [0.05, 0.1) is 13.2 Å². The Morgan fingerprint density at radius 1 is 1.29 bits per heavy atom. The molecule has 0 radical (unpaired) electrons. The molecule has 6 nitrogen and oxygen atoms in total. The number of hydrogen-bond donors (Lipinski definition) is 1. The predicted octanol–water partition coefficient (Wildman–Crippen LogP) is 1.13.